The fraction of sp³-hybridized carbons (Fsp3) is 0.500. The number of ether oxygens (including phenoxy) is 2. The van der Waals surface area contributed by atoms with Gasteiger partial charge in [-0.05, 0) is 50.8 Å². The molecule has 38 heavy (non-hydrogen) atoms. The SMILES string of the molecule is CC[C@H](C)NC(=O)[C@H](CC)N(CCc1ccccc1)C(=O)CN(c1ccc2c(c1)OCCO2)S(=O)(=O)CC. The molecule has 3 rings (SSSR count). The normalized spacial score (nSPS) is 14.3. The van der Waals surface area contributed by atoms with Crippen LogP contribution in [0.2, 0.25) is 0 Å². The average molecular weight is 546 g/mol. The molecule has 10 heteroatoms. The van der Waals surface area contributed by atoms with Gasteiger partial charge in [-0.3, -0.25) is 13.9 Å². The van der Waals surface area contributed by atoms with Crippen molar-refractivity contribution in [2.45, 2.75) is 59.0 Å². The number of carbonyl (C=O) groups is 2. The monoisotopic (exact) mass is 545 g/mol. The summed E-state index contributed by atoms with van der Waals surface area (Å²) >= 11 is 0. The third-order valence-electron chi connectivity index (χ3n) is 6.66. The second-order valence-corrected chi connectivity index (χ2v) is 11.5. The fourth-order valence-corrected chi connectivity index (χ4v) is 5.30. The summed E-state index contributed by atoms with van der Waals surface area (Å²) in [6.07, 6.45) is 1.68. The molecule has 0 bridgehead atoms. The lowest BCUT2D eigenvalue weighted by molar-refractivity contribution is -0.139. The Balaban J connectivity index is 1.92. The number of fused-ring (bicyclic) bond motifs is 1. The van der Waals surface area contributed by atoms with E-state index in [2.05, 4.69) is 5.32 Å². The zero-order valence-corrected chi connectivity index (χ0v) is 23.5. The van der Waals surface area contributed by atoms with Gasteiger partial charge >= 0.3 is 0 Å². The molecule has 2 aromatic rings. The van der Waals surface area contributed by atoms with Crippen LogP contribution in [0.25, 0.3) is 0 Å². The molecule has 0 spiro atoms. The fourth-order valence-electron chi connectivity index (χ4n) is 4.24. The van der Waals surface area contributed by atoms with Gasteiger partial charge in [-0.25, -0.2) is 8.42 Å². The minimum Gasteiger partial charge on any atom is -0.486 e. The third-order valence-corrected chi connectivity index (χ3v) is 8.41. The molecule has 0 saturated heterocycles. The molecule has 9 nitrogen and oxygen atoms in total. The Morgan fingerprint density at radius 3 is 2.29 bits per heavy atom. The van der Waals surface area contributed by atoms with Crippen LogP contribution in [0.4, 0.5) is 5.69 Å². The Morgan fingerprint density at radius 2 is 1.66 bits per heavy atom. The van der Waals surface area contributed by atoms with Crippen LogP contribution >= 0.6 is 0 Å². The first-order chi connectivity index (χ1) is 18.2. The molecule has 2 aromatic carbocycles. The van der Waals surface area contributed by atoms with Gasteiger partial charge in [-0.1, -0.05) is 44.2 Å². The van der Waals surface area contributed by atoms with Crippen molar-refractivity contribution in [3.63, 3.8) is 0 Å². The van der Waals surface area contributed by atoms with Gasteiger partial charge in [0.2, 0.25) is 21.8 Å². The van der Waals surface area contributed by atoms with Crippen LogP contribution in [0.5, 0.6) is 11.5 Å². The van der Waals surface area contributed by atoms with Crippen molar-refractivity contribution in [1.29, 1.82) is 0 Å². The van der Waals surface area contributed by atoms with Crippen molar-refractivity contribution in [3.8, 4) is 11.5 Å². The van der Waals surface area contributed by atoms with Crippen molar-refractivity contribution in [2.24, 2.45) is 0 Å². The van der Waals surface area contributed by atoms with Gasteiger partial charge in [0.15, 0.2) is 11.5 Å². The number of benzene rings is 2. The van der Waals surface area contributed by atoms with E-state index in [0.29, 0.717) is 43.2 Å². The zero-order chi connectivity index (χ0) is 27.7. The Bertz CT molecular complexity index is 1190. The molecule has 1 N–H and O–H groups in total. The number of hydrogen-bond acceptors (Lipinski definition) is 6. The number of sulfonamides is 1. The predicted molar refractivity (Wildman–Crippen MR) is 148 cm³/mol. The van der Waals surface area contributed by atoms with Crippen LogP contribution in [0.15, 0.2) is 48.5 Å². The smallest absolute Gasteiger partial charge is 0.244 e. The molecule has 0 saturated carbocycles. The number of nitrogens with one attached hydrogen (secondary N) is 1. The molecule has 2 atom stereocenters. The second kappa shape index (κ2) is 13.5. The van der Waals surface area contributed by atoms with Crippen LogP contribution in [0, 0.1) is 0 Å². The topological polar surface area (TPSA) is 105 Å². The maximum Gasteiger partial charge on any atom is 0.244 e. The second-order valence-electron chi connectivity index (χ2n) is 9.30. The van der Waals surface area contributed by atoms with Gasteiger partial charge in [0.25, 0.3) is 0 Å². The Labute approximate surface area is 226 Å². The summed E-state index contributed by atoms with van der Waals surface area (Å²) in [6, 6.07) is 13.8. The number of amides is 2. The molecule has 1 heterocycles. The first-order valence-corrected chi connectivity index (χ1v) is 14.8. The zero-order valence-electron chi connectivity index (χ0n) is 22.7. The molecular formula is C28H39N3O6S. The number of hydrogen-bond donors (Lipinski definition) is 1. The van der Waals surface area contributed by atoms with Crippen molar-refractivity contribution in [1.82, 2.24) is 10.2 Å². The molecular weight excluding hydrogens is 506 g/mol. The van der Waals surface area contributed by atoms with Gasteiger partial charge in [0, 0.05) is 18.7 Å². The summed E-state index contributed by atoms with van der Waals surface area (Å²) in [6.45, 7) is 7.89. The quantitative estimate of drug-likeness (QED) is 0.414. The highest BCUT2D eigenvalue weighted by molar-refractivity contribution is 7.92. The summed E-state index contributed by atoms with van der Waals surface area (Å²) < 4.78 is 38.6. The third kappa shape index (κ3) is 7.40. The summed E-state index contributed by atoms with van der Waals surface area (Å²) in [5, 5.41) is 2.98. The predicted octanol–water partition coefficient (Wildman–Crippen LogP) is 3.38. The van der Waals surface area contributed by atoms with Crippen LogP contribution in [0.1, 0.15) is 46.1 Å². The summed E-state index contributed by atoms with van der Waals surface area (Å²) in [5.41, 5.74) is 1.33. The summed E-state index contributed by atoms with van der Waals surface area (Å²) in [7, 11) is -3.82. The van der Waals surface area contributed by atoms with Crippen molar-refractivity contribution >= 4 is 27.5 Å². The molecule has 0 unspecified atom stereocenters. The van der Waals surface area contributed by atoms with Crippen LogP contribution in [-0.2, 0) is 26.0 Å². The lowest BCUT2D eigenvalue weighted by Crippen LogP contribution is -2.54. The molecule has 0 aromatic heterocycles. The standard InChI is InChI=1S/C28H39N3O6S/c1-5-21(4)29-28(33)24(6-2)30(16-15-22-11-9-8-10-12-22)27(32)20-31(38(34,35)7-3)23-13-14-25-26(19-23)37-18-17-36-25/h8-14,19,21,24H,5-7,15-18,20H2,1-4H3,(H,29,33)/t21-,24-/m0/s1. The largest absolute Gasteiger partial charge is 0.486 e. The number of anilines is 1. The molecule has 0 aliphatic carbocycles. The summed E-state index contributed by atoms with van der Waals surface area (Å²) in [4.78, 5) is 28.6. The molecule has 0 fully saturated rings. The van der Waals surface area contributed by atoms with Gasteiger partial charge in [0.05, 0.1) is 11.4 Å². The maximum atomic E-state index is 13.8. The van der Waals surface area contributed by atoms with Gasteiger partial charge < -0.3 is 19.7 Å². The molecule has 1 aliphatic heterocycles. The van der Waals surface area contributed by atoms with E-state index in [0.717, 1.165) is 16.3 Å². The number of carbonyl (C=O) groups excluding carboxylic acids is 2. The van der Waals surface area contributed by atoms with E-state index in [-0.39, 0.29) is 24.2 Å². The lowest BCUT2D eigenvalue weighted by Gasteiger charge is -2.33. The highest BCUT2D eigenvalue weighted by Crippen LogP contribution is 2.35. The van der Waals surface area contributed by atoms with Crippen LogP contribution in [-0.4, -0.2) is 69.3 Å². The van der Waals surface area contributed by atoms with E-state index in [1.807, 2.05) is 51.1 Å². The van der Waals surface area contributed by atoms with Crippen molar-refractivity contribution < 1.29 is 27.5 Å². The first-order valence-electron chi connectivity index (χ1n) is 13.2. The van der Waals surface area contributed by atoms with Gasteiger partial charge in [-0.2, -0.15) is 0 Å². The van der Waals surface area contributed by atoms with Gasteiger partial charge in [-0.15, -0.1) is 0 Å². The number of rotatable bonds is 13. The van der Waals surface area contributed by atoms with E-state index in [1.165, 1.54) is 11.8 Å². The first kappa shape index (κ1) is 29.3. The number of nitrogens with zero attached hydrogens (tertiary/aromatic N) is 2. The minimum atomic E-state index is -3.82. The molecule has 0 radical (unpaired) electrons. The lowest BCUT2D eigenvalue weighted by atomic mass is 10.1. The highest BCUT2D eigenvalue weighted by Gasteiger charge is 2.33. The van der Waals surface area contributed by atoms with E-state index < -0.39 is 28.5 Å². The van der Waals surface area contributed by atoms with Gasteiger partial charge in [0.1, 0.15) is 25.8 Å². The molecule has 208 valence electrons. The molecule has 2 amide bonds. The van der Waals surface area contributed by atoms with Crippen molar-refractivity contribution in [3.05, 3.63) is 54.1 Å². The Morgan fingerprint density at radius 1 is 0.974 bits per heavy atom. The Hall–Kier alpha value is -3.27. The minimum absolute atomic E-state index is 0.0442. The Kier molecular flexibility index (Phi) is 10.4. The average Bonchev–Trinajstić information content (AvgIpc) is 2.93. The van der Waals surface area contributed by atoms with E-state index >= 15 is 0 Å². The van der Waals surface area contributed by atoms with E-state index in [9.17, 15) is 18.0 Å². The molecule has 1 aliphatic rings. The van der Waals surface area contributed by atoms with Crippen LogP contribution in [0.3, 0.4) is 0 Å². The van der Waals surface area contributed by atoms with E-state index in [1.54, 1.807) is 18.2 Å². The summed E-state index contributed by atoms with van der Waals surface area (Å²) in [5.74, 6) is 0.0754. The van der Waals surface area contributed by atoms with Crippen molar-refractivity contribution in [2.75, 3.05) is 36.4 Å². The maximum absolute atomic E-state index is 13.8. The van der Waals surface area contributed by atoms with E-state index in [4.69, 9.17) is 9.47 Å². The van der Waals surface area contributed by atoms with Crippen LogP contribution < -0.4 is 19.1 Å². The highest BCUT2D eigenvalue weighted by atomic mass is 32.2.